The maximum Gasteiger partial charge on any atom is 0.269 e. The third-order valence-electron chi connectivity index (χ3n) is 3.08. The van der Waals surface area contributed by atoms with Gasteiger partial charge in [0.2, 0.25) is 5.79 Å². The average Bonchev–Trinajstić information content (AvgIpc) is 2.41. The quantitative estimate of drug-likeness (QED) is 0.394. The van der Waals surface area contributed by atoms with Crippen LogP contribution in [0.3, 0.4) is 0 Å². The zero-order chi connectivity index (χ0) is 14.2. The summed E-state index contributed by atoms with van der Waals surface area (Å²) in [5.74, 6) is -2.21. The lowest BCUT2D eigenvalue weighted by Gasteiger charge is -2.41. The number of ether oxygens (including phenoxy) is 1. The molecule has 4 atom stereocenters. The van der Waals surface area contributed by atoms with Gasteiger partial charge in [0.1, 0.15) is 18.3 Å². The minimum atomic E-state index is -2.21. The molecule has 0 radical (unpaired) electrons. The molecule has 1 aromatic carbocycles. The molecule has 8 heteroatoms. The molecule has 2 rings (SSSR count). The molecule has 1 saturated heterocycles. The fraction of sp³-hybridized carbons (Fsp3) is 0.455. The van der Waals surface area contributed by atoms with E-state index in [0.29, 0.717) is 0 Å². The zero-order valence-electron chi connectivity index (χ0n) is 9.71. The first kappa shape index (κ1) is 13.8. The van der Waals surface area contributed by atoms with Crippen molar-refractivity contribution in [3.8, 4) is 0 Å². The van der Waals surface area contributed by atoms with E-state index in [1.54, 1.807) is 0 Å². The molecule has 1 fully saturated rings. The van der Waals surface area contributed by atoms with Gasteiger partial charge >= 0.3 is 0 Å². The van der Waals surface area contributed by atoms with Gasteiger partial charge in [0.05, 0.1) is 11.5 Å². The Hall–Kier alpha value is -1.58. The summed E-state index contributed by atoms with van der Waals surface area (Å²) in [4.78, 5) is 9.91. The molecule has 0 aromatic heterocycles. The summed E-state index contributed by atoms with van der Waals surface area (Å²) < 4.78 is 4.97. The van der Waals surface area contributed by atoms with Crippen LogP contribution in [0.1, 0.15) is 5.56 Å². The van der Waals surface area contributed by atoms with Gasteiger partial charge in [-0.05, 0) is 12.1 Å². The standard InChI is InChI=1S/C11H13NO7/c13-8-5-19-11(16,10(15)9(8)14)6-1-3-7(4-2-6)12(17)18/h1-4,8-10,13-16H,5H2/t8-,9+,10-,11+/m0/s1. The Morgan fingerprint density at radius 3 is 2.37 bits per heavy atom. The fourth-order valence-corrected chi connectivity index (χ4v) is 1.91. The van der Waals surface area contributed by atoms with E-state index in [-0.39, 0.29) is 17.9 Å². The molecule has 4 N–H and O–H groups in total. The molecule has 0 unspecified atom stereocenters. The number of aliphatic hydroxyl groups excluding tert-OH is 3. The molecule has 104 valence electrons. The normalized spacial score (nSPS) is 35.1. The van der Waals surface area contributed by atoms with Gasteiger partial charge in [0.25, 0.3) is 5.69 Å². The number of hydrogen-bond donors (Lipinski definition) is 4. The zero-order valence-corrected chi connectivity index (χ0v) is 9.71. The molecule has 0 bridgehead atoms. The summed E-state index contributed by atoms with van der Waals surface area (Å²) in [6, 6.07) is 4.71. The predicted octanol–water partition coefficient (Wildman–Crippen LogP) is -1.15. The highest BCUT2D eigenvalue weighted by atomic mass is 16.6. The molecule has 8 nitrogen and oxygen atoms in total. The molecule has 19 heavy (non-hydrogen) atoms. The van der Waals surface area contributed by atoms with Crippen LogP contribution < -0.4 is 0 Å². The smallest absolute Gasteiger partial charge is 0.269 e. The summed E-state index contributed by atoms with van der Waals surface area (Å²) in [5.41, 5.74) is -0.130. The first-order valence-corrected chi connectivity index (χ1v) is 5.51. The van der Waals surface area contributed by atoms with Crippen molar-refractivity contribution in [2.75, 3.05) is 6.61 Å². The number of benzene rings is 1. The summed E-state index contributed by atoms with van der Waals surface area (Å²) in [6.45, 7) is -0.369. The Balaban J connectivity index is 2.31. The predicted molar refractivity (Wildman–Crippen MR) is 61.0 cm³/mol. The van der Waals surface area contributed by atoms with Gasteiger partial charge in [0, 0.05) is 17.7 Å². The van der Waals surface area contributed by atoms with Crippen molar-refractivity contribution in [3.63, 3.8) is 0 Å². The second-order valence-electron chi connectivity index (χ2n) is 4.31. The lowest BCUT2D eigenvalue weighted by atomic mass is 9.91. The van der Waals surface area contributed by atoms with Gasteiger partial charge in [-0.3, -0.25) is 10.1 Å². The number of nitro groups is 1. The van der Waals surface area contributed by atoms with Crippen LogP contribution in [0.5, 0.6) is 0 Å². The Kier molecular flexibility index (Phi) is 3.52. The topological polar surface area (TPSA) is 133 Å². The Bertz CT molecular complexity index is 476. The van der Waals surface area contributed by atoms with E-state index in [9.17, 15) is 30.5 Å². The highest BCUT2D eigenvalue weighted by Crippen LogP contribution is 2.34. The third kappa shape index (κ3) is 2.31. The van der Waals surface area contributed by atoms with Crippen LogP contribution >= 0.6 is 0 Å². The number of non-ortho nitro benzene ring substituents is 1. The van der Waals surface area contributed by atoms with Crippen molar-refractivity contribution in [3.05, 3.63) is 39.9 Å². The van der Waals surface area contributed by atoms with Gasteiger partial charge in [-0.2, -0.15) is 0 Å². The fourth-order valence-electron chi connectivity index (χ4n) is 1.91. The minimum Gasteiger partial charge on any atom is -0.388 e. The molecule has 1 aliphatic heterocycles. The van der Waals surface area contributed by atoms with Crippen LogP contribution in [-0.2, 0) is 10.5 Å². The first-order chi connectivity index (χ1) is 8.86. The summed E-state index contributed by atoms with van der Waals surface area (Å²) in [5, 5.41) is 49.4. The van der Waals surface area contributed by atoms with Crippen LogP contribution in [0.2, 0.25) is 0 Å². The van der Waals surface area contributed by atoms with Gasteiger partial charge in [-0.15, -0.1) is 0 Å². The molecule has 1 heterocycles. The van der Waals surface area contributed by atoms with Crippen LogP contribution in [0, 0.1) is 10.1 Å². The second kappa shape index (κ2) is 4.83. The summed E-state index contributed by atoms with van der Waals surface area (Å²) in [6.07, 6.45) is -4.65. The number of aliphatic hydroxyl groups is 4. The van der Waals surface area contributed by atoms with Crippen molar-refractivity contribution in [2.45, 2.75) is 24.1 Å². The lowest BCUT2D eigenvalue weighted by molar-refractivity contribution is -0.385. The third-order valence-corrected chi connectivity index (χ3v) is 3.08. The van der Waals surface area contributed by atoms with Crippen molar-refractivity contribution in [1.82, 2.24) is 0 Å². The number of nitro benzene ring substituents is 1. The summed E-state index contributed by atoms with van der Waals surface area (Å²) >= 11 is 0. The van der Waals surface area contributed by atoms with Gasteiger partial charge in [-0.25, -0.2) is 0 Å². The van der Waals surface area contributed by atoms with E-state index >= 15 is 0 Å². The number of nitrogens with zero attached hydrogens (tertiary/aromatic N) is 1. The van der Waals surface area contributed by atoms with Gasteiger partial charge in [0.15, 0.2) is 0 Å². The van der Waals surface area contributed by atoms with Crippen LogP contribution in [-0.4, -0.2) is 50.3 Å². The molecular weight excluding hydrogens is 258 g/mol. The molecule has 0 amide bonds. The van der Waals surface area contributed by atoms with Gasteiger partial charge < -0.3 is 25.2 Å². The highest BCUT2D eigenvalue weighted by Gasteiger charge is 2.49. The Morgan fingerprint density at radius 1 is 1.26 bits per heavy atom. The van der Waals surface area contributed by atoms with Crippen LogP contribution in [0.15, 0.2) is 24.3 Å². The van der Waals surface area contributed by atoms with Crippen LogP contribution in [0.25, 0.3) is 0 Å². The maximum atomic E-state index is 10.5. The first-order valence-electron chi connectivity index (χ1n) is 5.51. The molecule has 0 aliphatic carbocycles. The van der Waals surface area contributed by atoms with Crippen LogP contribution in [0.4, 0.5) is 5.69 Å². The van der Waals surface area contributed by atoms with Crippen molar-refractivity contribution in [1.29, 1.82) is 0 Å². The molecule has 1 aliphatic rings. The van der Waals surface area contributed by atoms with Gasteiger partial charge in [-0.1, -0.05) is 0 Å². The largest absolute Gasteiger partial charge is 0.388 e. The molecule has 0 spiro atoms. The van der Waals surface area contributed by atoms with E-state index in [2.05, 4.69) is 0 Å². The second-order valence-corrected chi connectivity index (χ2v) is 4.31. The summed E-state index contributed by atoms with van der Waals surface area (Å²) in [7, 11) is 0. The SMILES string of the molecule is O=[N+]([O-])c1ccc([C@@]2(O)OC[C@H](O)[C@@H](O)[C@@H]2O)cc1. The molecule has 1 aromatic rings. The van der Waals surface area contributed by atoms with Crippen molar-refractivity contribution in [2.24, 2.45) is 0 Å². The Morgan fingerprint density at radius 2 is 1.84 bits per heavy atom. The number of rotatable bonds is 2. The maximum absolute atomic E-state index is 10.5. The van der Waals surface area contributed by atoms with E-state index in [1.807, 2.05) is 0 Å². The average molecular weight is 271 g/mol. The van der Waals surface area contributed by atoms with Crippen molar-refractivity contribution >= 4 is 5.69 Å². The lowest BCUT2D eigenvalue weighted by Crippen LogP contribution is -2.58. The highest BCUT2D eigenvalue weighted by molar-refractivity contribution is 5.35. The van der Waals surface area contributed by atoms with Crippen molar-refractivity contribution < 1.29 is 30.1 Å². The molecule has 0 saturated carbocycles. The molecular formula is C11H13NO7. The monoisotopic (exact) mass is 271 g/mol. The number of hydrogen-bond acceptors (Lipinski definition) is 7. The van der Waals surface area contributed by atoms with E-state index in [0.717, 1.165) is 12.1 Å². The van der Waals surface area contributed by atoms with E-state index in [4.69, 9.17) is 4.74 Å². The minimum absolute atomic E-state index is 0.0524. The van der Waals surface area contributed by atoms with E-state index in [1.165, 1.54) is 12.1 Å². The Labute approximate surface area is 107 Å². The van der Waals surface area contributed by atoms with E-state index < -0.39 is 29.0 Å².